The third-order valence-electron chi connectivity index (χ3n) is 7.06. The van der Waals surface area contributed by atoms with Gasteiger partial charge in [-0.25, -0.2) is 4.79 Å². The summed E-state index contributed by atoms with van der Waals surface area (Å²) < 4.78 is 0. The molecule has 0 saturated carbocycles. The minimum atomic E-state index is -1.05. The largest absolute Gasteiger partial charge is 0.505 e. The van der Waals surface area contributed by atoms with Gasteiger partial charge in [-0.3, -0.25) is 10.2 Å². The highest BCUT2D eigenvalue weighted by Gasteiger charge is 2.31. The van der Waals surface area contributed by atoms with E-state index in [4.69, 9.17) is 0 Å². The molecular weight excluding hydrogens is 556 g/mol. The lowest BCUT2D eigenvalue weighted by molar-refractivity contribution is -0.112. The first-order valence-electron chi connectivity index (χ1n) is 15.2. The molecule has 0 spiro atoms. The molecule has 5 rings (SSSR count). The van der Waals surface area contributed by atoms with Gasteiger partial charge in [-0.2, -0.15) is 15.2 Å². The molecular formula is C34H44N6O4. The number of phenols is 1. The molecule has 3 aromatic carbocycles. The summed E-state index contributed by atoms with van der Waals surface area (Å²) in [5.74, 6) is -1.51. The van der Waals surface area contributed by atoms with Crippen LogP contribution in [0.1, 0.15) is 62.5 Å². The van der Waals surface area contributed by atoms with Gasteiger partial charge in [0.2, 0.25) is 0 Å². The molecule has 234 valence electrons. The quantitative estimate of drug-likeness (QED) is 0.158. The van der Waals surface area contributed by atoms with Crippen molar-refractivity contribution < 1.29 is 19.8 Å². The molecule has 3 aromatic rings. The second-order valence-electron chi connectivity index (χ2n) is 10.2. The average Bonchev–Trinajstić information content (AvgIpc) is 3.61. The summed E-state index contributed by atoms with van der Waals surface area (Å²) >= 11 is 0. The summed E-state index contributed by atoms with van der Waals surface area (Å²) in [6.45, 7) is 14.5. The molecule has 1 heterocycles. The maximum absolute atomic E-state index is 13.0. The Kier molecular flexibility index (Phi) is 13.1. The fourth-order valence-electron chi connectivity index (χ4n) is 4.79. The summed E-state index contributed by atoms with van der Waals surface area (Å²) in [5, 5.41) is 36.2. The van der Waals surface area contributed by atoms with E-state index in [1.165, 1.54) is 28.3 Å². The van der Waals surface area contributed by atoms with E-state index < -0.39 is 5.97 Å². The molecule has 0 saturated heterocycles. The topological polar surface area (TPSA) is 139 Å². The molecule has 0 fully saturated rings. The fraction of sp³-hybridized carbons (Fsp3) is 0.353. The number of hydrogen-bond acceptors (Lipinski definition) is 8. The Hall–Kier alpha value is -4.54. The number of carboxylic acids is 1. The highest BCUT2D eigenvalue weighted by Crippen LogP contribution is 2.36. The maximum atomic E-state index is 13.0. The van der Waals surface area contributed by atoms with Gasteiger partial charge >= 0.3 is 11.9 Å². The van der Waals surface area contributed by atoms with Crippen LogP contribution in [0.25, 0.3) is 11.1 Å². The van der Waals surface area contributed by atoms with E-state index in [9.17, 15) is 19.8 Å². The summed E-state index contributed by atoms with van der Waals surface area (Å²) in [6.07, 6.45) is 3.18. The van der Waals surface area contributed by atoms with Gasteiger partial charge in [-0.1, -0.05) is 58.0 Å². The Labute approximate surface area is 259 Å². The van der Waals surface area contributed by atoms with E-state index in [-0.39, 0.29) is 28.6 Å². The SMILES string of the molecule is CC1=NN(c2ccc3c(c2)CCC3)C(=O)/C1=N\Nc1cccc(-c2cccc(C(=O)O)c2)c1O.CCNCC.CCNCC. The van der Waals surface area contributed by atoms with E-state index in [1.807, 2.05) is 18.2 Å². The molecule has 10 nitrogen and oxygen atoms in total. The normalized spacial score (nSPS) is 14.3. The number of amides is 1. The van der Waals surface area contributed by atoms with E-state index in [2.05, 4.69) is 54.0 Å². The summed E-state index contributed by atoms with van der Waals surface area (Å²) in [5.41, 5.74) is 8.03. The third kappa shape index (κ3) is 8.75. The van der Waals surface area contributed by atoms with E-state index >= 15 is 0 Å². The van der Waals surface area contributed by atoms with Crippen LogP contribution in [0.2, 0.25) is 0 Å². The molecule has 0 aromatic heterocycles. The molecule has 1 aliphatic heterocycles. The van der Waals surface area contributed by atoms with Gasteiger partial charge in [0, 0.05) is 5.56 Å². The van der Waals surface area contributed by atoms with Gasteiger partial charge in [0.25, 0.3) is 0 Å². The zero-order valence-corrected chi connectivity index (χ0v) is 26.3. The van der Waals surface area contributed by atoms with Crippen LogP contribution in [0.5, 0.6) is 5.75 Å². The second-order valence-corrected chi connectivity index (χ2v) is 10.2. The number of benzene rings is 3. The lowest BCUT2D eigenvalue weighted by Crippen LogP contribution is -2.28. The minimum absolute atomic E-state index is 0.107. The molecule has 1 amide bonds. The molecule has 0 atom stereocenters. The van der Waals surface area contributed by atoms with Crippen LogP contribution in [0.3, 0.4) is 0 Å². The molecule has 0 radical (unpaired) electrons. The number of rotatable bonds is 9. The minimum Gasteiger partial charge on any atom is -0.505 e. The Morgan fingerprint density at radius 2 is 1.57 bits per heavy atom. The number of nitrogens with zero attached hydrogens (tertiary/aromatic N) is 3. The highest BCUT2D eigenvalue weighted by molar-refractivity contribution is 6.71. The number of aryl methyl sites for hydroxylation is 2. The van der Waals surface area contributed by atoms with Gasteiger partial charge in [0.1, 0.15) is 5.75 Å². The predicted octanol–water partition coefficient (Wildman–Crippen LogP) is 5.67. The van der Waals surface area contributed by atoms with Crippen molar-refractivity contribution in [3.63, 3.8) is 0 Å². The third-order valence-corrected chi connectivity index (χ3v) is 7.06. The van der Waals surface area contributed by atoms with Crippen LogP contribution in [0, 0.1) is 0 Å². The first kappa shape index (κ1) is 34.0. The maximum Gasteiger partial charge on any atom is 0.335 e. The van der Waals surface area contributed by atoms with Gasteiger partial charge in [-0.05, 0) is 99.4 Å². The fourth-order valence-corrected chi connectivity index (χ4v) is 4.79. The number of carboxylic acid groups (broad SMARTS) is 1. The molecule has 0 bridgehead atoms. The van der Waals surface area contributed by atoms with Crippen LogP contribution in [-0.4, -0.2) is 59.7 Å². The van der Waals surface area contributed by atoms with Crippen LogP contribution in [-0.2, 0) is 17.6 Å². The number of carbonyl (C=O) groups is 2. The van der Waals surface area contributed by atoms with Crippen LogP contribution in [0.15, 0.2) is 70.9 Å². The van der Waals surface area contributed by atoms with E-state index in [0.29, 0.717) is 22.5 Å². The molecule has 10 heteroatoms. The van der Waals surface area contributed by atoms with Crippen LogP contribution >= 0.6 is 0 Å². The van der Waals surface area contributed by atoms with Crippen molar-refractivity contribution in [3.05, 3.63) is 77.4 Å². The standard InChI is InChI=1S/C26H22N4O4.2C4H11N/c1-15-23(25(32)30(29-15)20-12-11-16-5-2-6-17(16)14-20)28-27-22-10-4-9-21(24(22)31)18-7-3-8-19(13-18)26(33)34;2*1-3-5-4-2/h3-4,7-14,27,31H,2,5-6H2,1H3,(H,33,34);2*5H,3-4H2,1-2H3/b28-23-;;. The Morgan fingerprint density at radius 1 is 0.909 bits per heavy atom. The average molecular weight is 601 g/mol. The highest BCUT2D eigenvalue weighted by atomic mass is 16.4. The number of hydrogen-bond donors (Lipinski definition) is 5. The number of para-hydroxylation sites is 1. The number of fused-ring (bicyclic) bond motifs is 1. The zero-order chi connectivity index (χ0) is 32.1. The summed E-state index contributed by atoms with van der Waals surface area (Å²) in [7, 11) is 0. The Balaban J connectivity index is 0.000000461. The smallest absolute Gasteiger partial charge is 0.335 e. The van der Waals surface area contributed by atoms with Crippen molar-refractivity contribution in [1.29, 1.82) is 0 Å². The molecule has 44 heavy (non-hydrogen) atoms. The van der Waals surface area contributed by atoms with Gasteiger partial charge in [-0.15, -0.1) is 0 Å². The zero-order valence-electron chi connectivity index (χ0n) is 26.3. The number of aromatic carboxylic acids is 1. The summed E-state index contributed by atoms with van der Waals surface area (Å²) in [4.78, 5) is 24.3. The number of carbonyl (C=O) groups excluding carboxylic acids is 1. The Bertz CT molecular complexity index is 1490. The first-order valence-corrected chi connectivity index (χ1v) is 15.2. The lowest BCUT2D eigenvalue weighted by atomic mass is 10.0. The number of nitrogens with one attached hydrogen (secondary N) is 3. The van der Waals surface area contributed by atoms with Crippen molar-refractivity contribution in [2.45, 2.75) is 53.9 Å². The molecule has 5 N–H and O–H groups in total. The van der Waals surface area contributed by atoms with Crippen molar-refractivity contribution in [3.8, 4) is 16.9 Å². The van der Waals surface area contributed by atoms with Crippen molar-refractivity contribution in [2.75, 3.05) is 36.6 Å². The van der Waals surface area contributed by atoms with Gasteiger partial charge < -0.3 is 20.8 Å². The van der Waals surface area contributed by atoms with Gasteiger partial charge in [0.15, 0.2) is 5.71 Å². The Morgan fingerprint density at radius 3 is 2.20 bits per heavy atom. The van der Waals surface area contributed by atoms with Crippen molar-refractivity contribution in [1.82, 2.24) is 10.6 Å². The summed E-state index contributed by atoms with van der Waals surface area (Å²) in [6, 6.07) is 17.3. The van der Waals surface area contributed by atoms with Crippen molar-refractivity contribution >= 4 is 34.7 Å². The van der Waals surface area contributed by atoms with Crippen molar-refractivity contribution in [2.24, 2.45) is 10.2 Å². The monoisotopic (exact) mass is 600 g/mol. The first-order chi connectivity index (χ1) is 21.2. The van der Waals surface area contributed by atoms with E-state index in [1.54, 1.807) is 37.3 Å². The van der Waals surface area contributed by atoms with Crippen LogP contribution < -0.4 is 21.1 Å². The van der Waals surface area contributed by atoms with Crippen LogP contribution in [0.4, 0.5) is 11.4 Å². The second kappa shape index (κ2) is 16.9. The number of hydrazone groups is 2. The molecule has 1 aliphatic carbocycles. The number of phenolic OH excluding ortho intramolecular Hbond substituents is 1. The number of anilines is 2. The molecule has 0 unspecified atom stereocenters. The lowest BCUT2D eigenvalue weighted by Gasteiger charge is -2.13. The van der Waals surface area contributed by atoms with Gasteiger partial charge in [0.05, 0.1) is 22.6 Å². The molecule has 2 aliphatic rings. The van der Waals surface area contributed by atoms with E-state index in [0.717, 1.165) is 45.4 Å². The number of aromatic hydroxyl groups is 1. The predicted molar refractivity (Wildman–Crippen MR) is 179 cm³/mol.